The van der Waals surface area contributed by atoms with Gasteiger partial charge in [0.2, 0.25) is 5.89 Å². The van der Waals surface area contributed by atoms with E-state index in [4.69, 9.17) is 16.0 Å². The van der Waals surface area contributed by atoms with Gasteiger partial charge in [0.05, 0.1) is 0 Å². The minimum absolute atomic E-state index is 0.00670. The lowest BCUT2D eigenvalue weighted by Crippen LogP contribution is -2.51. The van der Waals surface area contributed by atoms with Gasteiger partial charge in [-0.1, -0.05) is 25.4 Å². The zero-order valence-electron chi connectivity index (χ0n) is 14.6. The Morgan fingerprint density at radius 1 is 1.08 bits per heavy atom. The van der Waals surface area contributed by atoms with Crippen molar-refractivity contribution in [3.63, 3.8) is 0 Å². The second-order valence-electron chi connectivity index (χ2n) is 6.32. The summed E-state index contributed by atoms with van der Waals surface area (Å²) < 4.78 is 5.41. The summed E-state index contributed by atoms with van der Waals surface area (Å²) in [5, 5.41) is 11.1. The molecule has 0 spiro atoms. The van der Waals surface area contributed by atoms with Crippen molar-refractivity contribution in [1.29, 1.82) is 0 Å². The smallest absolute Gasteiger partial charge is 0.321 e. The van der Waals surface area contributed by atoms with Gasteiger partial charge in [-0.2, -0.15) is 0 Å². The van der Waals surface area contributed by atoms with Gasteiger partial charge in [0.15, 0.2) is 0 Å². The highest BCUT2D eigenvalue weighted by Gasteiger charge is 2.28. The van der Waals surface area contributed by atoms with E-state index >= 15 is 0 Å². The molecule has 9 heteroatoms. The number of amides is 3. The molecule has 0 saturated carbocycles. The SMILES string of the molecule is CC(C)c1nnc(C(=O)N2CCN(C(=O)Nc3ccc(Cl)cc3)CC2)o1. The van der Waals surface area contributed by atoms with Gasteiger partial charge in [-0.15, -0.1) is 10.2 Å². The Labute approximate surface area is 156 Å². The second kappa shape index (κ2) is 7.74. The number of benzene rings is 1. The molecule has 2 aromatic rings. The number of nitrogens with one attached hydrogen (secondary N) is 1. The van der Waals surface area contributed by atoms with Crippen molar-refractivity contribution < 1.29 is 14.0 Å². The number of aromatic nitrogens is 2. The number of piperazine rings is 1. The van der Waals surface area contributed by atoms with Crippen molar-refractivity contribution in [3.05, 3.63) is 41.1 Å². The molecule has 0 aliphatic carbocycles. The van der Waals surface area contributed by atoms with Crippen LogP contribution in [0.4, 0.5) is 10.5 Å². The fourth-order valence-electron chi connectivity index (χ4n) is 2.54. The van der Waals surface area contributed by atoms with Crippen molar-refractivity contribution in [2.75, 3.05) is 31.5 Å². The van der Waals surface area contributed by atoms with E-state index in [1.54, 1.807) is 34.1 Å². The third kappa shape index (κ3) is 4.13. The molecule has 1 fully saturated rings. The van der Waals surface area contributed by atoms with Gasteiger partial charge in [-0.3, -0.25) is 4.79 Å². The van der Waals surface area contributed by atoms with Crippen molar-refractivity contribution in [2.45, 2.75) is 19.8 Å². The predicted molar refractivity (Wildman–Crippen MR) is 96.3 cm³/mol. The maximum Gasteiger partial charge on any atom is 0.321 e. The van der Waals surface area contributed by atoms with Gasteiger partial charge in [-0.05, 0) is 24.3 Å². The number of carbonyl (C=O) groups excluding carboxylic acids is 2. The summed E-state index contributed by atoms with van der Waals surface area (Å²) in [5.74, 6) is 0.196. The van der Waals surface area contributed by atoms with Crippen LogP contribution in [0.3, 0.4) is 0 Å². The molecule has 8 nitrogen and oxygen atoms in total. The van der Waals surface area contributed by atoms with Crippen molar-refractivity contribution >= 4 is 29.2 Å². The number of halogens is 1. The minimum atomic E-state index is -0.304. The zero-order chi connectivity index (χ0) is 18.7. The first kappa shape index (κ1) is 18.2. The molecule has 1 aromatic heterocycles. The molecule has 2 heterocycles. The van der Waals surface area contributed by atoms with Crippen LogP contribution in [0, 0.1) is 0 Å². The van der Waals surface area contributed by atoms with Gasteiger partial charge in [0.1, 0.15) is 0 Å². The number of nitrogens with zero attached hydrogens (tertiary/aromatic N) is 4. The van der Waals surface area contributed by atoms with Crippen LogP contribution in [-0.2, 0) is 0 Å². The standard InChI is InChI=1S/C17H20ClN5O3/c1-11(2)14-20-21-15(26-14)16(24)22-7-9-23(10-8-22)17(25)19-13-5-3-12(18)4-6-13/h3-6,11H,7-10H2,1-2H3,(H,19,25). The first-order valence-corrected chi connectivity index (χ1v) is 8.76. The third-order valence-electron chi connectivity index (χ3n) is 4.07. The van der Waals surface area contributed by atoms with Crippen molar-refractivity contribution in [1.82, 2.24) is 20.0 Å². The van der Waals surface area contributed by atoms with E-state index in [2.05, 4.69) is 15.5 Å². The molecule has 3 amide bonds. The first-order valence-electron chi connectivity index (χ1n) is 8.38. The maximum absolute atomic E-state index is 12.4. The van der Waals surface area contributed by atoms with E-state index in [0.29, 0.717) is 42.8 Å². The molecule has 26 heavy (non-hydrogen) atoms. The molecule has 1 saturated heterocycles. The summed E-state index contributed by atoms with van der Waals surface area (Å²) in [7, 11) is 0. The van der Waals surface area contributed by atoms with E-state index in [0.717, 1.165) is 0 Å². The lowest BCUT2D eigenvalue weighted by molar-refractivity contribution is 0.0630. The topological polar surface area (TPSA) is 91.6 Å². The molecule has 3 rings (SSSR count). The Bertz CT molecular complexity index is 782. The summed E-state index contributed by atoms with van der Waals surface area (Å²) in [6.07, 6.45) is 0. The van der Waals surface area contributed by atoms with Crippen LogP contribution in [0.2, 0.25) is 5.02 Å². The summed E-state index contributed by atoms with van der Waals surface area (Å²) in [4.78, 5) is 28.0. The fraction of sp³-hybridized carbons (Fsp3) is 0.412. The second-order valence-corrected chi connectivity index (χ2v) is 6.75. The number of urea groups is 1. The molecule has 0 unspecified atom stereocenters. The first-order chi connectivity index (χ1) is 12.4. The van der Waals surface area contributed by atoms with Crippen LogP contribution < -0.4 is 5.32 Å². The summed E-state index contributed by atoms with van der Waals surface area (Å²) in [6, 6.07) is 6.69. The van der Waals surface area contributed by atoms with E-state index < -0.39 is 0 Å². The molecule has 1 aliphatic rings. The van der Waals surface area contributed by atoms with E-state index in [-0.39, 0.29) is 23.7 Å². The Kier molecular flexibility index (Phi) is 5.41. The van der Waals surface area contributed by atoms with Gasteiger partial charge < -0.3 is 19.5 Å². The quantitative estimate of drug-likeness (QED) is 0.887. The van der Waals surface area contributed by atoms with Gasteiger partial charge in [0, 0.05) is 42.8 Å². The lowest BCUT2D eigenvalue weighted by atomic mass is 10.2. The largest absolute Gasteiger partial charge is 0.417 e. The number of carbonyl (C=O) groups is 2. The number of anilines is 1. The lowest BCUT2D eigenvalue weighted by Gasteiger charge is -2.34. The average molecular weight is 378 g/mol. The van der Waals surface area contributed by atoms with Crippen LogP contribution in [0.1, 0.15) is 36.3 Å². The van der Waals surface area contributed by atoms with Crippen LogP contribution in [-0.4, -0.2) is 58.1 Å². The van der Waals surface area contributed by atoms with E-state index in [1.165, 1.54) is 0 Å². The Hall–Kier alpha value is -2.61. The van der Waals surface area contributed by atoms with Crippen LogP contribution in [0.25, 0.3) is 0 Å². The van der Waals surface area contributed by atoms with E-state index in [1.807, 2.05) is 13.8 Å². The molecular formula is C17H20ClN5O3. The molecule has 1 aromatic carbocycles. The maximum atomic E-state index is 12.4. The fourth-order valence-corrected chi connectivity index (χ4v) is 2.66. The molecule has 0 atom stereocenters. The Morgan fingerprint density at radius 2 is 1.69 bits per heavy atom. The number of hydrogen-bond donors (Lipinski definition) is 1. The molecular weight excluding hydrogens is 358 g/mol. The number of rotatable bonds is 3. The normalized spacial score (nSPS) is 14.6. The van der Waals surface area contributed by atoms with Gasteiger partial charge in [-0.25, -0.2) is 4.79 Å². The molecule has 0 radical (unpaired) electrons. The molecule has 1 aliphatic heterocycles. The van der Waals surface area contributed by atoms with Crippen LogP contribution >= 0.6 is 11.6 Å². The van der Waals surface area contributed by atoms with Gasteiger partial charge >= 0.3 is 17.8 Å². The Morgan fingerprint density at radius 3 is 2.27 bits per heavy atom. The van der Waals surface area contributed by atoms with Crippen molar-refractivity contribution in [2.24, 2.45) is 0 Å². The average Bonchev–Trinajstić information content (AvgIpc) is 3.13. The highest BCUT2D eigenvalue weighted by molar-refractivity contribution is 6.30. The highest BCUT2D eigenvalue weighted by atomic mass is 35.5. The molecule has 1 N–H and O–H groups in total. The monoisotopic (exact) mass is 377 g/mol. The molecule has 138 valence electrons. The van der Waals surface area contributed by atoms with E-state index in [9.17, 15) is 9.59 Å². The summed E-state index contributed by atoms with van der Waals surface area (Å²) in [5.41, 5.74) is 0.671. The summed E-state index contributed by atoms with van der Waals surface area (Å²) >= 11 is 5.83. The van der Waals surface area contributed by atoms with Gasteiger partial charge in [0.25, 0.3) is 0 Å². The number of hydrogen-bond acceptors (Lipinski definition) is 5. The van der Waals surface area contributed by atoms with Crippen molar-refractivity contribution in [3.8, 4) is 0 Å². The minimum Gasteiger partial charge on any atom is -0.417 e. The van der Waals surface area contributed by atoms with Crippen LogP contribution in [0.5, 0.6) is 0 Å². The third-order valence-corrected chi connectivity index (χ3v) is 4.32. The predicted octanol–water partition coefficient (Wildman–Crippen LogP) is 2.84. The summed E-state index contributed by atoms with van der Waals surface area (Å²) in [6.45, 7) is 5.50. The zero-order valence-corrected chi connectivity index (χ0v) is 15.4. The van der Waals surface area contributed by atoms with Crippen LogP contribution in [0.15, 0.2) is 28.7 Å². The molecule has 0 bridgehead atoms. The Balaban J connectivity index is 1.53. The highest BCUT2D eigenvalue weighted by Crippen LogP contribution is 2.16.